The summed E-state index contributed by atoms with van der Waals surface area (Å²) in [7, 11) is 0. The van der Waals surface area contributed by atoms with Gasteiger partial charge in [0, 0.05) is 23.5 Å². The average molecular weight is 180 g/mol. The number of hydrogen-bond acceptors (Lipinski definition) is 3. The summed E-state index contributed by atoms with van der Waals surface area (Å²) in [6.45, 7) is 5.94. The predicted molar refractivity (Wildman–Crippen MR) is 55.6 cm³/mol. The lowest BCUT2D eigenvalue weighted by atomic mass is 10.2. The van der Waals surface area contributed by atoms with Gasteiger partial charge in [0.05, 0.1) is 0 Å². The summed E-state index contributed by atoms with van der Waals surface area (Å²) in [6.07, 6.45) is 0. The molecule has 0 aliphatic carbocycles. The maximum absolute atomic E-state index is 5.62. The molecule has 0 bridgehead atoms. The molecule has 1 aromatic carbocycles. The van der Waals surface area contributed by atoms with Crippen molar-refractivity contribution in [1.29, 1.82) is 0 Å². The quantitative estimate of drug-likeness (QED) is 0.650. The number of anilines is 2. The monoisotopic (exact) mass is 180 g/mol. The summed E-state index contributed by atoms with van der Waals surface area (Å²) in [5.41, 5.74) is 12.3. The Morgan fingerprint density at radius 2 is 1.46 bits per heavy atom. The molecule has 0 fully saturated rings. The standard InChI is InChI=1S/C10H16N2O/c1-10(2,3)13-9-5-7(11)4-8(12)6-9/h4-6H,11-12H2,1-3H3. The summed E-state index contributed by atoms with van der Waals surface area (Å²) in [5, 5.41) is 0. The van der Waals surface area contributed by atoms with E-state index in [0.29, 0.717) is 17.1 Å². The van der Waals surface area contributed by atoms with Crippen molar-refractivity contribution < 1.29 is 4.74 Å². The van der Waals surface area contributed by atoms with E-state index in [1.807, 2.05) is 20.8 Å². The SMILES string of the molecule is CC(C)(C)Oc1cc(N)cc(N)c1. The van der Waals surface area contributed by atoms with Crippen LogP contribution in [0.5, 0.6) is 5.75 Å². The van der Waals surface area contributed by atoms with Crippen molar-refractivity contribution in [1.82, 2.24) is 0 Å². The molecular weight excluding hydrogens is 164 g/mol. The van der Waals surface area contributed by atoms with E-state index < -0.39 is 0 Å². The molecule has 0 radical (unpaired) electrons. The van der Waals surface area contributed by atoms with E-state index >= 15 is 0 Å². The van der Waals surface area contributed by atoms with Crippen molar-refractivity contribution in [2.75, 3.05) is 11.5 Å². The number of nitrogen functional groups attached to an aromatic ring is 2. The van der Waals surface area contributed by atoms with Gasteiger partial charge in [-0.05, 0) is 26.8 Å². The number of rotatable bonds is 1. The highest BCUT2D eigenvalue weighted by Gasteiger charge is 2.11. The predicted octanol–water partition coefficient (Wildman–Crippen LogP) is 2.03. The largest absolute Gasteiger partial charge is 0.488 e. The first kappa shape index (κ1) is 9.71. The molecule has 0 amide bonds. The van der Waals surface area contributed by atoms with Crippen molar-refractivity contribution in [3.8, 4) is 5.75 Å². The molecule has 4 N–H and O–H groups in total. The van der Waals surface area contributed by atoms with E-state index in [-0.39, 0.29) is 5.60 Å². The molecule has 0 aromatic heterocycles. The van der Waals surface area contributed by atoms with Crippen molar-refractivity contribution in [2.45, 2.75) is 26.4 Å². The minimum absolute atomic E-state index is 0.222. The summed E-state index contributed by atoms with van der Waals surface area (Å²) in [4.78, 5) is 0. The van der Waals surface area contributed by atoms with Gasteiger partial charge >= 0.3 is 0 Å². The van der Waals surface area contributed by atoms with Gasteiger partial charge in [-0.15, -0.1) is 0 Å². The molecule has 1 aromatic rings. The molecule has 72 valence electrons. The fourth-order valence-corrected chi connectivity index (χ4v) is 1.06. The zero-order valence-electron chi connectivity index (χ0n) is 8.29. The number of hydrogen-bond donors (Lipinski definition) is 2. The van der Waals surface area contributed by atoms with Crippen LogP contribution in [-0.4, -0.2) is 5.60 Å². The van der Waals surface area contributed by atoms with Gasteiger partial charge in [-0.1, -0.05) is 0 Å². The van der Waals surface area contributed by atoms with E-state index in [2.05, 4.69) is 0 Å². The summed E-state index contributed by atoms with van der Waals surface area (Å²) in [6, 6.07) is 5.23. The van der Waals surface area contributed by atoms with E-state index in [4.69, 9.17) is 16.2 Å². The Hall–Kier alpha value is -1.38. The molecule has 0 aliphatic rings. The number of benzene rings is 1. The summed E-state index contributed by atoms with van der Waals surface area (Å²) < 4.78 is 5.60. The Morgan fingerprint density at radius 3 is 1.85 bits per heavy atom. The molecule has 0 aliphatic heterocycles. The maximum atomic E-state index is 5.62. The second-order valence-corrected chi connectivity index (χ2v) is 4.05. The molecule has 0 spiro atoms. The van der Waals surface area contributed by atoms with Crippen LogP contribution in [0, 0.1) is 0 Å². The third-order valence-electron chi connectivity index (χ3n) is 1.38. The van der Waals surface area contributed by atoms with Gasteiger partial charge in [-0.25, -0.2) is 0 Å². The first-order valence-corrected chi connectivity index (χ1v) is 4.22. The fourth-order valence-electron chi connectivity index (χ4n) is 1.06. The third kappa shape index (κ3) is 3.23. The van der Waals surface area contributed by atoms with Gasteiger partial charge in [0.15, 0.2) is 0 Å². The van der Waals surface area contributed by atoms with E-state index in [1.165, 1.54) is 0 Å². The molecule has 0 saturated heterocycles. The zero-order chi connectivity index (χ0) is 10.1. The zero-order valence-corrected chi connectivity index (χ0v) is 8.29. The lowest BCUT2D eigenvalue weighted by Gasteiger charge is -2.21. The number of ether oxygens (including phenoxy) is 1. The Kier molecular flexibility index (Phi) is 2.36. The molecule has 0 saturated carbocycles. The molecule has 1 rings (SSSR count). The second kappa shape index (κ2) is 3.17. The Bertz CT molecular complexity index is 282. The minimum atomic E-state index is -0.222. The van der Waals surface area contributed by atoms with Crippen LogP contribution < -0.4 is 16.2 Å². The van der Waals surface area contributed by atoms with Gasteiger partial charge < -0.3 is 16.2 Å². The van der Waals surface area contributed by atoms with Crippen LogP contribution in [0.1, 0.15) is 20.8 Å². The van der Waals surface area contributed by atoms with Crippen LogP contribution in [0.25, 0.3) is 0 Å². The number of nitrogens with two attached hydrogens (primary N) is 2. The maximum Gasteiger partial charge on any atom is 0.124 e. The topological polar surface area (TPSA) is 61.3 Å². The first-order chi connectivity index (χ1) is 5.87. The Morgan fingerprint density at radius 1 is 1.00 bits per heavy atom. The van der Waals surface area contributed by atoms with Crippen LogP contribution in [-0.2, 0) is 0 Å². The lowest BCUT2D eigenvalue weighted by molar-refractivity contribution is 0.131. The van der Waals surface area contributed by atoms with E-state index in [0.717, 1.165) is 0 Å². The van der Waals surface area contributed by atoms with Gasteiger partial charge in [0.25, 0.3) is 0 Å². The fraction of sp³-hybridized carbons (Fsp3) is 0.400. The van der Waals surface area contributed by atoms with Crippen LogP contribution >= 0.6 is 0 Å². The average Bonchev–Trinajstić information content (AvgIpc) is 1.78. The normalized spacial score (nSPS) is 11.3. The summed E-state index contributed by atoms with van der Waals surface area (Å²) in [5.74, 6) is 0.713. The van der Waals surface area contributed by atoms with Crippen LogP contribution in [0.15, 0.2) is 18.2 Å². The highest BCUT2D eigenvalue weighted by Crippen LogP contribution is 2.23. The second-order valence-electron chi connectivity index (χ2n) is 4.05. The van der Waals surface area contributed by atoms with Crippen molar-refractivity contribution in [3.63, 3.8) is 0 Å². The highest BCUT2D eigenvalue weighted by molar-refractivity contribution is 5.56. The third-order valence-corrected chi connectivity index (χ3v) is 1.38. The van der Waals surface area contributed by atoms with Crippen molar-refractivity contribution >= 4 is 11.4 Å². The molecule has 3 heteroatoms. The minimum Gasteiger partial charge on any atom is -0.488 e. The van der Waals surface area contributed by atoms with Crippen molar-refractivity contribution in [3.05, 3.63) is 18.2 Å². The van der Waals surface area contributed by atoms with Crippen molar-refractivity contribution in [2.24, 2.45) is 0 Å². The van der Waals surface area contributed by atoms with Gasteiger partial charge in [-0.2, -0.15) is 0 Å². The van der Waals surface area contributed by atoms with Gasteiger partial charge in [0.1, 0.15) is 11.4 Å². The Labute approximate surface area is 78.7 Å². The molecular formula is C10H16N2O. The first-order valence-electron chi connectivity index (χ1n) is 4.22. The summed E-state index contributed by atoms with van der Waals surface area (Å²) >= 11 is 0. The molecule has 3 nitrogen and oxygen atoms in total. The van der Waals surface area contributed by atoms with Gasteiger partial charge in [-0.3, -0.25) is 0 Å². The van der Waals surface area contributed by atoms with E-state index in [1.54, 1.807) is 18.2 Å². The van der Waals surface area contributed by atoms with Crippen LogP contribution in [0.3, 0.4) is 0 Å². The lowest BCUT2D eigenvalue weighted by Crippen LogP contribution is -2.23. The Balaban J connectivity index is 2.90. The van der Waals surface area contributed by atoms with E-state index in [9.17, 15) is 0 Å². The molecule has 0 unspecified atom stereocenters. The molecule has 13 heavy (non-hydrogen) atoms. The molecule has 0 heterocycles. The van der Waals surface area contributed by atoms with Gasteiger partial charge in [0.2, 0.25) is 0 Å². The smallest absolute Gasteiger partial charge is 0.124 e. The van der Waals surface area contributed by atoms with Crippen LogP contribution in [0.2, 0.25) is 0 Å². The molecule has 0 atom stereocenters. The highest BCUT2D eigenvalue weighted by atomic mass is 16.5. The van der Waals surface area contributed by atoms with Crippen LogP contribution in [0.4, 0.5) is 11.4 Å².